The first-order valence-electron chi connectivity index (χ1n) is 8.36. The van der Waals surface area contributed by atoms with E-state index in [-0.39, 0.29) is 0 Å². The van der Waals surface area contributed by atoms with Crippen molar-refractivity contribution in [2.45, 2.75) is 13.0 Å². The van der Waals surface area contributed by atoms with E-state index in [9.17, 15) is 0 Å². The first-order chi connectivity index (χ1) is 10.7. The Morgan fingerprint density at radius 3 is 3.05 bits per heavy atom. The van der Waals surface area contributed by atoms with Crippen molar-refractivity contribution >= 4 is 5.82 Å². The van der Waals surface area contributed by atoms with Crippen molar-refractivity contribution in [3.05, 3.63) is 23.9 Å². The van der Waals surface area contributed by atoms with Crippen LogP contribution in [0.25, 0.3) is 0 Å². The normalized spacial score (nSPS) is 22.9. The Hall–Kier alpha value is -1.17. The summed E-state index contributed by atoms with van der Waals surface area (Å²) in [5.41, 5.74) is 1.36. The van der Waals surface area contributed by atoms with Crippen molar-refractivity contribution < 1.29 is 4.74 Å². The van der Waals surface area contributed by atoms with Gasteiger partial charge in [-0.15, -0.1) is 0 Å². The molecule has 0 aromatic carbocycles. The SMILES string of the molecule is CN(C)CCN1CCN(CC2CCOC2)Cc2cccnc21. The lowest BCUT2D eigenvalue weighted by molar-refractivity contribution is 0.166. The van der Waals surface area contributed by atoms with Crippen molar-refractivity contribution in [2.75, 3.05) is 64.9 Å². The quantitative estimate of drug-likeness (QED) is 0.819. The van der Waals surface area contributed by atoms with Crippen LogP contribution in [0.4, 0.5) is 5.82 Å². The third kappa shape index (κ3) is 3.97. The molecule has 2 aliphatic rings. The van der Waals surface area contributed by atoms with E-state index in [0.29, 0.717) is 5.92 Å². The monoisotopic (exact) mass is 304 g/mol. The van der Waals surface area contributed by atoms with Crippen LogP contribution in [0.3, 0.4) is 0 Å². The molecule has 22 heavy (non-hydrogen) atoms. The van der Waals surface area contributed by atoms with Gasteiger partial charge in [0.25, 0.3) is 0 Å². The summed E-state index contributed by atoms with van der Waals surface area (Å²) >= 11 is 0. The molecule has 1 atom stereocenters. The fourth-order valence-corrected chi connectivity index (χ4v) is 3.31. The van der Waals surface area contributed by atoms with E-state index in [1.54, 1.807) is 0 Å². The number of aromatic nitrogens is 1. The molecule has 5 heteroatoms. The highest BCUT2D eigenvalue weighted by Gasteiger charge is 2.24. The number of anilines is 1. The van der Waals surface area contributed by atoms with Crippen LogP contribution in [0.5, 0.6) is 0 Å². The molecule has 1 fully saturated rings. The number of ether oxygens (including phenoxy) is 1. The molecule has 1 aromatic rings. The summed E-state index contributed by atoms with van der Waals surface area (Å²) in [6.45, 7) is 8.30. The Balaban J connectivity index is 1.69. The molecular weight excluding hydrogens is 276 g/mol. The van der Waals surface area contributed by atoms with E-state index < -0.39 is 0 Å². The van der Waals surface area contributed by atoms with Crippen molar-refractivity contribution in [1.82, 2.24) is 14.8 Å². The van der Waals surface area contributed by atoms with E-state index in [1.165, 1.54) is 17.8 Å². The van der Waals surface area contributed by atoms with E-state index >= 15 is 0 Å². The van der Waals surface area contributed by atoms with Crippen molar-refractivity contribution in [2.24, 2.45) is 5.92 Å². The zero-order valence-corrected chi connectivity index (χ0v) is 13.9. The Labute approximate surface area is 133 Å². The lowest BCUT2D eigenvalue weighted by Crippen LogP contribution is -2.37. The van der Waals surface area contributed by atoms with Gasteiger partial charge in [-0.1, -0.05) is 6.07 Å². The second-order valence-corrected chi connectivity index (χ2v) is 6.74. The third-order valence-corrected chi connectivity index (χ3v) is 4.60. The topological polar surface area (TPSA) is 31.8 Å². The van der Waals surface area contributed by atoms with Crippen LogP contribution in [0.2, 0.25) is 0 Å². The molecule has 0 spiro atoms. The average Bonchev–Trinajstić information content (AvgIpc) is 2.94. The minimum Gasteiger partial charge on any atom is -0.381 e. The van der Waals surface area contributed by atoms with E-state index in [4.69, 9.17) is 4.74 Å². The van der Waals surface area contributed by atoms with Crippen LogP contribution in [0, 0.1) is 5.92 Å². The molecule has 122 valence electrons. The van der Waals surface area contributed by atoms with E-state index in [2.05, 4.69) is 45.9 Å². The summed E-state index contributed by atoms with van der Waals surface area (Å²) in [5.74, 6) is 1.88. The van der Waals surface area contributed by atoms with Gasteiger partial charge < -0.3 is 14.5 Å². The van der Waals surface area contributed by atoms with Crippen molar-refractivity contribution in [1.29, 1.82) is 0 Å². The van der Waals surface area contributed by atoms with Gasteiger partial charge in [0.05, 0.1) is 6.61 Å². The second kappa shape index (κ2) is 7.40. The fraction of sp³-hybridized carbons (Fsp3) is 0.706. The molecule has 3 rings (SSSR count). The van der Waals surface area contributed by atoms with E-state index in [0.717, 1.165) is 52.5 Å². The predicted octanol–water partition coefficient (Wildman–Crippen LogP) is 1.30. The maximum atomic E-state index is 5.53. The summed E-state index contributed by atoms with van der Waals surface area (Å²) < 4.78 is 5.53. The van der Waals surface area contributed by atoms with Crippen LogP contribution in [-0.4, -0.2) is 74.8 Å². The fourth-order valence-electron chi connectivity index (χ4n) is 3.31. The Bertz CT molecular complexity index is 473. The minimum absolute atomic E-state index is 0.702. The average molecular weight is 304 g/mol. The Morgan fingerprint density at radius 1 is 1.36 bits per heavy atom. The lowest BCUT2D eigenvalue weighted by atomic mass is 10.1. The number of likely N-dealkylation sites (N-methyl/N-ethyl adjacent to an activating group) is 1. The molecule has 0 N–H and O–H groups in total. The number of rotatable bonds is 5. The molecule has 1 saturated heterocycles. The highest BCUT2D eigenvalue weighted by Crippen LogP contribution is 2.24. The van der Waals surface area contributed by atoms with Gasteiger partial charge in [0, 0.05) is 57.6 Å². The molecule has 2 aliphatic heterocycles. The van der Waals surface area contributed by atoms with Gasteiger partial charge in [0.1, 0.15) is 5.82 Å². The standard InChI is InChI=1S/C17H28N4O/c1-19(2)7-9-21-10-8-20(12-15-5-11-22-14-15)13-16-4-3-6-18-17(16)21/h3-4,6,15H,5,7-14H2,1-2H3. The van der Waals surface area contributed by atoms with Crippen LogP contribution in [-0.2, 0) is 11.3 Å². The maximum absolute atomic E-state index is 5.53. The molecule has 5 nitrogen and oxygen atoms in total. The largest absolute Gasteiger partial charge is 0.381 e. The summed E-state index contributed by atoms with van der Waals surface area (Å²) in [7, 11) is 4.26. The summed E-state index contributed by atoms with van der Waals surface area (Å²) in [4.78, 5) is 11.9. The predicted molar refractivity (Wildman–Crippen MR) is 89.2 cm³/mol. The summed E-state index contributed by atoms with van der Waals surface area (Å²) in [5, 5.41) is 0. The molecule has 0 saturated carbocycles. The molecule has 0 bridgehead atoms. The van der Waals surface area contributed by atoms with Crippen LogP contribution in [0.15, 0.2) is 18.3 Å². The lowest BCUT2D eigenvalue weighted by Gasteiger charge is -2.26. The summed E-state index contributed by atoms with van der Waals surface area (Å²) in [6, 6.07) is 4.29. The van der Waals surface area contributed by atoms with Crippen LogP contribution >= 0.6 is 0 Å². The van der Waals surface area contributed by atoms with Gasteiger partial charge in [0.15, 0.2) is 0 Å². The van der Waals surface area contributed by atoms with Gasteiger partial charge >= 0.3 is 0 Å². The number of hydrogen-bond acceptors (Lipinski definition) is 5. The van der Waals surface area contributed by atoms with Crippen LogP contribution in [0.1, 0.15) is 12.0 Å². The first-order valence-corrected chi connectivity index (χ1v) is 8.36. The smallest absolute Gasteiger partial charge is 0.133 e. The Kier molecular flexibility index (Phi) is 5.28. The van der Waals surface area contributed by atoms with Gasteiger partial charge in [-0.2, -0.15) is 0 Å². The summed E-state index contributed by atoms with van der Waals surface area (Å²) in [6.07, 6.45) is 3.13. The highest BCUT2D eigenvalue weighted by atomic mass is 16.5. The van der Waals surface area contributed by atoms with Crippen molar-refractivity contribution in [3.63, 3.8) is 0 Å². The molecule has 0 radical (unpaired) electrons. The van der Waals surface area contributed by atoms with Crippen molar-refractivity contribution in [3.8, 4) is 0 Å². The molecular formula is C17H28N4O. The molecule has 0 aliphatic carbocycles. The molecule has 1 aromatic heterocycles. The molecule has 0 amide bonds. The number of nitrogens with zero attached hydrogens (tertiary/aromatic N) is 4. The third-order valence-electron chi connectivity index (χ3n) is 4.60. The highest BCUT2D eigenvalue weighted by molar-refractivity contribution is 5.47. The van der Waals surface area contributed by atoms with Crippen LogP contribution < -0.4 is 4.90 Å². The van der Waals surface area contributed by atoms with Gasteiger partial charge in [0.2, 0.25) is 0 Å². The number of pyridine rings is 1. The van der Waals surface area contributed by atoms with Gasteiger partial charge in [-0.3, -0.25) is 4.90 Å². The molecule has 3 heterocycles. The zero-order valence-electron chi connectivity index (χ0n) is 13.9. The first kappa shape index (κ1) is 15.7. The molecule has 1 unspecified atom stereocenters. The second-order valence-electron chi connectivity index (χ2n) is 6.74. The number of hydrogen-bond donors (Lipinski definition) is 0. The number of fused-ring (bicyclic) bond motifs is 1. The maximum Gasteiger partial charge on any atom is 0.133 e. The minimum atomic E-state index is 0.702. The van der Waals surface area contributed by atoms with Gasteiger partial charge in [-0.25, -0.2) is 4.98 Å². The zero-order chi connectivity index (χ0) is 15.4. The Morgan fingerprint density at radius 2 is 2.27 bits per heavy atom. The van der Waals surface area contributed by atoms with E-state index in [1.807, 2.05) is 6.20 Å². The van der Waals surface area contributed by atoms with Gasteiger partial charge in [-0.05, 0) is 32.5 Å².